The number of rotatable bonds is 3. The Hall–Kier alpha value is -2.45. The molecular formula is C21H25N5O2S. The summed E-state index contributed by atoms with van der Waals surface area (Å²) in [6.45, 7) is 7.86. The molecule has 0 aliphatic carbocycles. The van der Waals surface area contributed by atoms with Crippen molar-refractivity contribution >= 4 is 32.7 Å². The second kappa shape index (κ2) is 7.42. The number of thiazole rings is 1. The zero-order chi connectivity index (χ0) is 20.0. The van der Waals surface area contributed by atoms with E-state index in [9.17, 15) is 4.79 Å². The fraction of sp³-hybridized carbons (Fsp3) is 0.476. The maximum absolute atomic E-state index is 12.6. The molecule has 3 aromatic rings. The van der Waals surface area contributed by atoms with Gasteiger partial charge in [-0.2, -0.15) is 10.1 Å². The Morgan fingerprint density at radius 2 is 1.90 bits per heavy atom. The standard InChI is InChI=1S/C21H25N5O2S/c1-14-5-7-16(8-6-14)26-19-18(15(2)23-26)29-21(22-19)25-11-9-24(10-12-25)20(27)17-4-3-13-28-17/h5-8,17H,3-4,9-13H2,1-2H3. The minimum atomic E-state index is -0.229. The van der Waals surface area contributed by atoms with Gasteiger partial charge >= 0.3 is 0 Å². The average Bonchev–Trinajstić information content (AvgIpc) is 3.47. The number of carbonyl (C=O) groups excluding carboxylic acids is 1. The van der Waals surface area contributed by atoms with E-state index in [4.69, 9.17) is 14.8 Å². The largest absolute Gasteiger partial charge is 0.368 e. The number of carbonyl (C=O) groups is 1. The molecule has 2 fully saturated rings. The molecule has 0 N–H and O–H groups in total. The molecule has 5 rings (SSSR count). The number of fused-ring (bicyclic) bond motifs is 1. The first-order chi connectivity index (χ1) is 14.1. The monoisotopic (exact) mass is 411 g/mol. The van der Waals surface area contributed by atoms with Gasteiger partial charge < -0.3 is 14.5 Å². The van der Waals surface area contributed by atoms with Crippen molar-refractivity contribution < 1.29 is 9.53 Å². The summed E-state index contributed by atoms with van der Waals surface area (Å²) < 4.78 is 8.62. The van der Waals surface area contributed by atoms with E-state index in [0.717, 1.165) is 65.9 Å². The summed E-state index contributed by atoms with van der Waals surface area (Å²) in [7, 11) is 0. The molecule has 0 saturated carbocycles. The van der Waals surface area contributed by atoms with E-state index in [1.807, 2.05) is 16.5 Å². The predicted molar refractivity (Wildman–Crippen MR) is 114 cm³/mol. The lowest BCUT2D eigenvalue weighted by Gasteiger charge is -2.35. The van der Waals surface area contributed by atoms with E-state index < -0.39 is 0 Å². The summed E-state index contributed by atoms with van der Waals surface area (Å²) in [6.07, 6.45) is 1.61. The van der Waals surface area contributed by atoms with Gasteiger partial charge in [0.25, 0.3) is 5.91 Å². The number of amides is 1. The number of piperazine rings is 1. The normalized spacial score (nSPS) is 20.0. The highest BCUT2D eigenvalue weighted by molar-refractivity contribution is 7.22. The third-order valence-corrected chi connectivity index (χ3v) is 6.94. The minimum Gasteiger partial charge on any atom is -0.368 e. The van der Waals surface area contributed by atoms with Gasteiger partial charge in [-0.15, -0.1) is 0 Å². The first kappa shape index (κ1) is 18.6. The van der Waals surface area contributed by atoms with E-state index in [0.29, 0.717) is 6.61 Å². The summed E-state index contributed by atoms with van der Waals surface area (Å²) in [5.74, 6) is 0.150. The molecule has 2 saturated heterocycles. The molecule has 2 aliphatic heterocycles. The Labute approximate surface area is 173 Å². The summed E-state index contributed by atoms with van der Waals surface area (Å²) in [5.41, 5.74) is 4.15. The van der Waals surface area contributed by atoms with Crippen LogP contribution in [-0.2, 0) is 9.53 Å². The van der Waals surface area contributed by atoms with Gasteiger partial charge in [-0.05, 0) is 38.8 Å². The Kier molecular flexibility index (Phi) is 4.75. The van der Waals surface area contributed by atoms with Crippen LogP contribution >= 0.6 is 11.3 Å². The Morgan fingerprint density at radius 3 is 2.59 bits per heavy atom. The van der Waals surface area contributed by atoms with Crippen LogP contribution in [0.4, 0.5) is 5.13 Å². The van der Waals surface area contributed by atoms with Crippen molar-refractivity contribution in [3.05, 3.63) is 35.5 Å². The quantitative estimate of drug-likeness (QED) is 0.663. The average molecular weight is 412 g/mol. The zero-order valence-electron chi connectivity index (χ0n) is 16.8. The Morgan fingerprint density at radius 1 is 1.14 bits per heavy atom. The fourth-order valence-electron chi connectivity index (χ4n) is 4.02. The van der Waals surface area contributed by atoms with Crippen LogP contribution in [0.15, 0.2) is 24.3 Å². The van der Waals surface area contributed by atoms with Crippen molar-refractivity contribution in [1.82, 2.24) is 19.7 Å². The van der Waals surface area contributed by atoms with E-state index >= 15 is 0 Å². The maximum atomic E-state index is 12.6. The van der Waals surface area contributed by atoms with Crippen molar-refractivity contribution in [2.75, 3.05) is 37.7 Å². The van der Waals surface area contributed by atoms with Crippen LogP contribution in [0.25, 0.3) is 16.0 Å². The van der Waals surface area contributed by atoms with Crippen molar-refractivity contribution in [1.29, 1.82) is 0 Å². The van der Waals surface area contributed by atoms with Crippen LogP contribution in [0.3, 0.4) is 0 Å². The van der Waals surface area contributed by atoms with Crippen LogP contribution in [0.2, 0.25) is 0 Å². The predicted octanol–water partition coefficient (Wildman–Crippen LogP) is 2.93. The molecule has 1 amide bonds. The van der Waals surface area contributed by atoms with Crippen molar-refractivity contribution in [3.8, 4) is 5.69 Å². The minimum absolute atomic E-state index is 0.150. The molecule has 7 nitrogen and oxygen atoms in total. The van der Waals surface area contributed by atoms with Crippen molar-refractivity contribution in [3.63, 3.8) is 0 Å². The van der Waals surface area contributed by atoms with Crippen LogP contribution in [0.1, 0.15) is 24.1 Å². The molecule has 152 valence electrons. The van der Waals surface area contributed by atoms with Crippen LogP contribution < -0.4 is 4.90 Å². The Balaban J connectivity index is 1.34. The molecule has 0 bridgehead atoms. The SMILES string of the molecule is Cc1ccc(-n2nc(C)c3sc(N4CCN(C(=O)C5CCCO5)CC4)nc32)cc1. The third kappa shape index (κ3) is 3.40. The fourth-order valence-corrected chi connectivity index (χ4v) is 5.06. The summed E-state index contributed by atoms with van der Waals surface area (Å²) in [6, 6.07) is 8.34. The van der Waals surface area contributed by atoms with Crippen LogP contribution in [0.5, 0.6) is 0 Å². The summed E-state index contributed by atoms with van der Waals surface area (Å²) in [4.78, 5) is 21.7. The second-order valence-corrected chi connectivity index (χ2v) is 8.77. The zero-order valence-corrected chi connectivity index (χ0v) is 17.6. The highest BCUT2D eigenvalue weighted by Crippen LogP contribution is 2.33. The van der Waals surface area contributed by atoms with Crippen molar-refractivity contribution in [2.24, 2.45) is 0 Å². The number of nitrogens with zero attached hydrogens (tertiary/aromatic N) is 5. The molecule has 0 radical (unpaired) electrons. The molecule has 2 aliphatic rings. The molecule has 1 unspecified atom stereocenters. The smallest absolute Gasteiger partial charge is 0.251 e. The molecule has 0 spiro atoms. The molecule has 4 heterocycles. The molecule has 1 atom stereocenters. The lowest BCUT2D eigenvalue weighted by molar-refractivity contribution is -0.141. The topological polar surface area (TPSA) is 63.5 Å². The van der Waals surface area contributed by atoms with E-state index in [-0.39, 0.29) is 12.0 Å². The first-order valence-corrected chi connectivity index (χ1v) is 11.0. The van der Waals surface area contributed by atoms with Gasteiger partial charge in [-0.25, -0.2) is 4.68 Å². The van der Waals surface area contributed by atoms with Gasteiger partial charge in [0.1, 0.15) is 6.10 Å². The second-order valence-electron chi connectivity index (χ2n) is 7.80. The number of hydrogen-bond acceptors (Lipinski definition) is 6. The van der Waals surface area contributed by atoms with Gasteiger partial charge in [0.15, 0.2) is 10.8 Å². The highest BCUT2D eigenvalue weighted by atomic mass is 32.1. The van der Waals surface area contributed by atoms with Gasteiger partial charge in [0, 0.05) is 32.8 Å². The molecule has 1 aromatic carbocycles. The Bertz CT molecular complexity index is 1030. The number of ether oxygens (including phenoxy) is 1. The van der Waals surface area contributed by atoms with Crippen LogP contribution in [-0.4, -0.2) is 64.5 Å². The highest BCUT2D eigenvalue weighted by Gasteiger charge is 2.31. The maximum Gasteiger partial charge on any atom is 0.251 e. The lowest BCUT2D eigenvalue weighted by atomic mass is 10.2. The summed E-state index contributed by atoms with van der Waals surface area (Å²) >= 11 is 1.69. The number of benzene rings is 1. The summed E-state index contributed by atoms with van der Waals surface area (Å²) in [5, 5.41) is 5.70. The lowest BCUT2D eigenvalue weighted by Crippen LogP contribution is -2.51. The first-order valence-electron chi connectivity index (χ1n) is 10.2. The van der Waals surface area contributed by atoms with Gasteiger partial charge in [-0.1, -0.05) is 29.0 Å². The third-order valence-electron chi connectivity index (χ3n) is 5.72. The molecular weight excluding hydrogens is 386 g/mol. The van der Waals surface area contributed by atoms with Gasteiger partial charge in [0.05, 0.1) is 16.1 Å². The van der Waals surface area contributed by atoms with E-state index in [1.165, 1.54) is 5.56 Å². The number of hydrogen-bond donors (Lipinski definition) is 0. The number of aromatic nitrogens is 3. The van der Waals surface area contributed by atoms with Gasteiger partial charge in [-0.3, -0.25) is 4.79 Å². The van der Waals surface area contributed by atoms with Crippen LogP contribution in [0, 0.1) is 13.8 Å². The molecule has 8 heteroatoms. The molecule has 2 aromatic heterocycles. The number of anilines is 1. The van der Waals surface area contributed by atoms with Crippen molar-refractivity contribution in [2.45, 2.75) is 32.8 Å². The van der Waals surface area contributed by atoms with Gasteiger partial charge in [0.2, 0.25) is 0 Å². The van der Waals surface area contributed by atoms with E-state index in [1.54, 1.807) is 11.3 Å². The van der Waals surface area contributed by atoms with E-state index in [2.05, 4.69) is 36.1 Å². The molecule has 29 heavy (non-hydrogen) atoms. The number of aryl methyl sites for hydroxylation is 2.